The average Bonchev–Trinajstić information content (AvgIpc) is 3.08. The number of guanidine groups is 1. The molecule has 1 aromatic carbocycles. The fourth-order valence-electron chi connectivity index (χ4n) is 2.33. The summed E-state index contributed by atoms with van der Waals surface area (Å²) in [5.74, 6) is 0.959. The first-order valence-electron chi connectivity index (χ1n) is 8.15. The molecule has 0 aliphatic carbocycles. The van der Waals surface area contributed by atoms with Crippen LogP contribution in [0.1, 0.15) is 25.3 Å². The molecule has 23 heavy (non-hydrogen) atoms. The van der Waals surface area contributed by atoms with Gasteiger partial charge in [0.2, 0.25) is 0 Å². The molecule has 0 fully saturated rings. The fraction of sp³-hybridized carbons (Fsp3) is 0.471. The maximum absolute atomic E-state index is 4.72. The maximum Gasteiger partial charge on any atom is 0.193 e. The van der Waals surface area contributed by atoms with E-state index in [9.17, 15) is 0 Å². The van der Waals surface area contributed by atoms with E-state index in [1.807, 2.05) is 10.6 Å². The molecule has 0 saturated carbocycles. The first kappa shape index (κ1) is 17.0. The largest absolute Gasteiger partial charge is 0.357 e. The number of hydrogen-bond donors (Lipinski definition) is 1. The molecule has 0 bridgehead atoms. The van der Waals surface area contributed by atoms with Gasteiger partial charge in [-0.15, -0.1) is 10.2 Å². The van der Waals surface area contributed by atoms with E-state index in [1.165, 1.54) is 5.56 Å². The van der Waals surface area contributed by atoms with E-state index in [1.54, 1.807) is 12.7 Å². The van der Waals surface area contributed by atoms with Crippen LogP contribution in [-0.2, 0) is 13.1 Å². The van der Waals surface area contributed by atoms with Crippen LogP contribution in [0, 0.1) is 0 Å². The maximum atomic E-state index is 4.72. The second-order valence-corrected chi connectivity index (χ2v) is 5.48. The van der Waals surface area contributed by atoms with Gasteiger partial charge in [0, 0.05) is 33.2 Å². The standard InChI is InChI=1S/C17H26N6/c1-3-18-17(22(2)13-16-9-5-4-6-10-16)19-11-7-8-12-23-14-20-21-15-23/h4-6,9-10,14-15H,3,7-8,11-13H2,1-2H3,(H,18,19). The number of aromatic nitrogens is 3. The Kier molecular flexibility index (Phi) is 7.10. The summed E-state index contributed by atoms with van der Waals surface area (Å²) in [5, 5.41) is 11.0. The van der Waals surface area contributed by atoms with Crippen LogP contribution in [0.15, 0.2) is 48.0 Å². The second-order valence-electron chi connectivity index (χ2n) is 5.48. The van der Waals surface area contributed by atoms with E-state index in [4.69, 9.17) is 4.99 Å². The van der Waals surface area contributed by atoms with Crippen molar-refractivity contribution in [3.8, 4) is 0 Å². The minimum absolute atomic E-state index is 0.823. The normalized spacial score (nSPS) is 11.5. The van der Waals surface area contributed by atoms with E-state index in [2.05, 4.69) is 58.7 Å². The van der Waals surface area contributed by atoms with E-state index >= 15 is 0 Å². The lowest BCUT2D eigenvalue weighted by atomic mass is 10.2. The van der Waals surface area contributed by atoms with Crippen molar-refractivity contribution < 1.29 is 0 Å². The number of nitrogens with zero attached hydrogens (tertiary/aromatic N) is 5. The van der Waals surface area contributed by atoms with Crippen LogP contribution in [-0.4, -0.2) is 45.8 Å². The predicted octanol–water partition coefficient (Wildman–Crippen LogP) is 2.16. The Balaban J connectivity index is 1.79. The van der Waals surface area contributed by atoms with Crippen LogP contribution in [0.25, 0.3) is 0 Å². The van der Waals surface area contributed by atoms with Crippen molar-refractivity contribution in [2.45, 2.75) is 32.9 Å². The van der Waals surface area contributed by atoms with Gasteiger partial charge in [0.15, 0.2) is 5.96 Å². The summed E-state index contributed by atoms with van der Waals surface area (Å²) in [6, 6.07) is 10.5. The lowest BCUT2D eigenvalue weighted by Gasteiger charge is -2.22. The van der Waals surface area contributed by atoms with Crippen LogP contribution in [0.3, 0.4) is 0 Å². The predicted molar refractivity (Wildman–Crippen MR) is 93.1 cm³/mol. The van der Waals surface area contributed by atoms with E-state index < -0.39 is 0 Å². The van der Waals surface area contributed by atoms with Gasteiger partial charge in [0.25, 0.3) is 0 Å². The molecule has 0 unspecified atom stereocenters. The molecule has 0 spiro atoms. The van der Waals surface area contributed by atoms with Crippen LogP contribution in [0.4, 0.5) is 0 Å². The highest BCUT2D eigenvalue weighted by Gasteiger charge is 2.05. The molecule has 6 nitrogen and oxygen atoms in total. The fourth-order valence-corrected chi connectivity index (χ4v) is 2.33. The SMILES string of the molecule is CCNC(=NCCCCn1cnnc1)N(C)Cc1ccccc1. The minimum Gasteiger partial charge on any atom is -0.357 e. The molecule has 1 N–H and O–H groups in total. The highest BCUT2D eigenvalue weighted by Crippen LogP contribution is 2.03. The third kappa shape index (κ3) is 6.10. The van der Waals surface area contributed by atoms with Crippen molar-refractivity contribution in [1.82, 2.24) is 25.0 Å². The molecule has 1 aromatic heterocycles. The number of aryl methyl sites for hydroxylation is 1. The van der Waals surface area contributed by atoms with Crippen LogP contribution in [0.5, 0.6) is 0 Å². The zero-order chi connectivity index (χ0) is 16.3. The van der Waals surface area contributed by atoms with Gasteiger partial charge in [-0.25, -0.2) is 0 Å². The third-order valence-electron chi connectivity index (χ3n) is 3.51. The molecule has 1 heterocycles. The van der Waals surface area contributed by atoms with Crippen molar-refractivity contribution in [2.75, 3.05) is 20.1 Å². The second kappa shape index (κ2) is 9.61. The topological polar surface area (TPSA) is 58.3 Å². The number of unbranched alkanes of at least 4 members (excludes halogenated alkanes) is 1. The molecule has 0 aliphatic heterocycles. The van der Waals surface area contributed by atoms with Gasteiger partial charge in [-0.1, -0.05) is 30.3 Å². The van der Waals surface area contributed by atoms with Crippen molar-refractivity contribution >= 4 is 5.96 Å². The molecule has 0 radical (unpaired) electrons. The summed E-state index contributed by atoms with van der Waals surface area (Å²) >= 11 is 0. The molecule has 0 atom stereocenters. The van der Waals surface area contributed by atoms with E-state index in [0.717, 1.165) is 45.0 Å². The average molecular weight is 314 g/mol. The van der Waals surface area contributed by atoms with Crippen molar-refractivity contribution in [3.05, 3.63) is 48.5 Å². The lowest BCUT2D eigenvalue weighted by molar-refractivity contribution is 0.475. The smallest absolute Gasteiger partial charge is 0.193 e. The van der Waals surface area contributed by atoms with Crippen LogP contribution >= 0.6 is 0 Å². The Hall–Kier alpha value is -2.37. The Bertz CT molecular complexity index is 564. The minimum atomic E-state index is 0.823. The first-order valence-corrected chi connectivity index (χ1v) is 8.15. The highest BCUT2D eigenvalue weighted by atomic mass is 15.3. The number of rotatable bonds is 8. The van der Waals surface area contributed by atoms with Crippen molar-refractivity contribution in [2.24, 2.45) is 4.99 Å². The Morgan fingerprint density at radius 1 is 1.17 bits per heavy atom. The first-order chi connectivity index (χ1) is 11.3. The van der Waals surface area contributed by atoms with Crippen molar-refractivity contribution in [3.63, 3.8) is 0 Å². The Labute approximate surface area is 138 Å². The highest BCUT2D eigenvalue weighted by molar-refractivity contribution is 5.79. The van der Waals surface area contributed by atoms with Crippen molar-refractivity contribution in [1.29, 1.82) is 0 Å². The molecule has 6 heteroatoms. The molecule has 0 aliphatic rings. The zero-order valence-corrected chi connectivity index (χ0v) is 14.0. The number of nitrogens with one attached hydrogen (secondary N) is 1. The Morgan fingerprint density at radius 2 is 1.91 bits per heavy atom. The molecular formula is C17H26N6. The lowest BCUT2D eigenvalue weighted by Crippen LogP contribution is -2.38. The molecule has 2 aromatic rings. The number of benzene rings is 1. The summed E-state index contributed by atoms with van der Waals surface area (Å²) in [6.07, 6.45) is 5.62. The van der Waals surface area contributed by atoms with Gasteiger partial charge in [-0.05, 0) is 25.3 Å². The Morgan fingerprint density at radius 3 is 2.61 bits per heavy atom. The zero-order valence-electron chi connectivity index (χ0n) is 14.0. The summed E-state index contributed by atoms with van der Waals surface area (Å²) in [6.45, 7) is 5.59. The number of hydrogen-bond acceptors (Lipinski definition) is 3. The van der Waals surface area contributed by atoms with Gasteiger partial charge < -0.3 is 14.8 Å². The summed E-state index contributed by atoms with van der Waals surface area (Å²) < 4.78 is 2.00. The quantitative estimate of drug-likeness (QED) is 0.461. The van der Waals surface area contributed by atoms with Crippen LogP contribution in [0.2, 0.25) is 0 Å². The number of aliphatic imine (C=N–C) groups is 1. The van der Waals surface area contributed by atoms with Gasteiger partial charge in [0.05, 0.1) is 0 Å². The van der Waals surface area contributed by atoms with Gasteiger partial charge in [0.1, 0.15) is 12.7 Å². The van der Waals surface area contributed by atoms with E-state index in [-0.39, 0.29) is 0 Å². The summed E-state index contributed by atoms with van der Waals surface area (Å²) in [4.78, 5) is 6.88. The summed E-state index contributed by atoms with van der Waals surface area (Å²) in [7, 11) is 2.08. The van der Waals surface area contributed by atoms with Gasteiger partial charge in [-0.2, -0.15) is 0 Å². The monoisotopic (exact) mass is 314 g/mol. The summed E-state index contributed by atoms with van der Waals surface area (Å²) in [5.41, 5.74) is 1.29. The van der Waals surface area contributed by atoms with Crippen LogP contribution < -0.4 is 5.32 Å². The molecule has 124 valence electrons. The van der Waals surface area contributed by atoms with E-state index in [0.29, 0.717) is 0 Å². The molecule has 2 rings (SSSR count). The van der Waals surface area contributed by atoms with Gasteiger partial charge in [-0.3, -0.25) is 4.99 Å². The molecule has 0 amide bonds. The molecular weight excluding hydrogens is 288 g/mol. The molecule has 0 saturated heterocycles. The third-order valence-corrected chi connectivity index (χ3v) is 3.51. The van der Waals surface area contributed by atoms with Gasteiger partial charge >= 0.3 is 0 Å².